The quantitative estimate of drug-likeness (QED) is 0.663. The Morgan fingerprint density at radius 3 is 2.33 bits per heavy atom. The summed E-state index contributed by atoms with van der Waals surface area (Å²) < 4.78 is 5.56. The van der Waals surface area contributed by atoms with Crippen molar-refractivity contribution in [1.82, 2.24) is 10.2 Å². The molecule has 5 heteroatoms. The van der Waals surface area contributed by atoms with E-state index in [4.69, 9.17) is 4.74 Å². The molecule has 5 nitrogen and oxygen atoms in total. The van der Waals surface area contributed by atoms with Crippen LogP contribution in [-0.4, -0.2) is 48.1 Å². The van der Waals surface area contributed by atoms with Crippen LogP contribution in [0.5, 0.6) is 0 Å². The zero-order valence-electron chi connectivity index (χ0n) is 13.9. The van der Waals surface area contributed by atoms with Crippen LogP contribution in [0, 0.1) is 0 Å². The van der Waals surface area contributed by atoms with Gasteiger partial charge in [-0.25, -0.2) is 0 Å². The smallest absolute Gasteiger partial charge is 0.249 e. The molecule has 1 aliphatic rings. The second-order valence-electron chi connectivity index (χ2n) is 5.67. The molecule has 122 valence electrons. The third-order valence-electron chi connectivity index (χ3n) is 4.42. The maximum atomic E-state index is 12.8. The van der Waals surface area contributed by atoms with Crippen molar-refractivity contribution in [2.24, 2.45) is 0 Å². The van der Waals surface area contributed by atoms with Crippen LogP contribution in [-0.2, 0) is 14.3 Å². The van der Waals surface area contributed by atoms with E-state index in [9.17, 15) is 9.59 Å². The van der Waals surface area contributed by atoms with Gasteiger partial charge in [0.05, 0.1) is 6.61 Å². The fourth-order valence-corrected chi connectivity index (χ4v) is 2.83. The van der Waals surface area contributed by atoms with Crippen LogP contribution < -0.4 is 5.32 Å². The third kappa shape index (κ3) is 3.96. The molecule has 0 aromatic heterocycles. The fourth-order valence-electron chi connectivity index (χ4n) is 2.83. The maximum Gasteiger partial charge on any atom is 0.249 e. The Morgan fingerprint density at radius 2 is 1.81 bits per heavy atom. The average molecular weight is 298 g/mol. The summed E-state index contributed by atoms with van der Waals surface area (Å²) in [5.41, 5.74) is -0.730. The summed E-state index contributed by atoms with van der Waals surface area (Å²) in [5.74, 6) is 0.00685. The summed E-state index contributed by atoms with van der Waals surface area (Å²) in [6.45, 7) is 9.66. The van der Waals surface area contributed by atoms with E-state index in [1.54, 1.807) is 4.90 Å². The number of ether oxygens (including phenoxy) is 1. The number of carbonyl (C=O) groups excluding carboxylic acids is 2. The van der Waals surface area contributed by atoms with E-state index in [0.717, 1.165) is 12.8 Å². The Balaban J connectivity index is 2.74. The Kier molecular flexibility index (Phi) is 7.15. The van der Waals surface area contributed by atoms with Crippen LogP contribution in [0.2, 0.25) is 0 Å². The topological polar surface area (TPSA) is 58.6 Å². The first kappa shape index (κ1) is 18.0. The van der Waals surface area contributed by atoms with Crippen LogP contribution in [0.3, 0.4) is 0 Å². The van der Waals surface area contributed by atoms with Crippen LogP contribution >= 0.6 is 0 Å². The highest BCUT2D eigenvalue weighted by Crippen LogP contribution is 2.25. The SMILES string of the molecule is CCCCOCCN1C(=O)C(CC)(CC)NC(=O)C1CC. The third-order valence-corrected chi connectivity index (χ3v) is 4.42. The molecule has 1 N–H and O–H groups in total. The molecular formula is C16H30N2O3. The van der Waals surface area contributed by atoms with Gasteiger partial charge in [-0.15, -0.1) is 0 Å². The van der Waals surface area contributed by atoms with E-state index in [1.807, 2.05) is 20.8 Å². The number of nitrogens with one attached hydrogen (secondary N) is 1. The number of piperazine rings is 1. The van der Waals surface area contributed by atoms with E-state index in [-0.39, 0.29) is 17.9 Å². The normalized spacial score (nSPS) is 21.5. The van der Waals surface area contributed by atoms with Gasteiger partial charge in [-0.05, 0) is 25.7 Å². The van der Waals surface area contributed by atoms with Crippen molar-refractivity contribution in [1.29, 1.82) is 0 Å². The predicted molar refractivity (Wildman–Crippen MR) is 83.0 cm³/mol. The van der Waals surface area contributed by atoms with Gasteiger partial charge in [-0.3, -0.25) is 9.59 Å². The number of unbranched alkanes of at least 4 members (excludes halogenated alkanes) is 1. The summed E-state index contributed by atoms with van der Waals surface area (Å²) in [5, 5.41) is 2.95. The number of rotatable bonds is 9. The minimum atomic E-state index is -0.730. The molecule has 1 aliphatic heterocycles. The van der Waals surface area contributed by atoms with E-state index < -0.39 is 5.54 Å². The summed E-state index contributed by atoms with van der Waals surface area (Å²) >= 11 is 0. The van der Waals surface area contributed by atoms with Gasteiger partial charge in [0.1, 0.15) is 11.6 Å². The standard InChI is InChI=1S/C16H30N2O3/c1-5-9-11-21-12-10-18-13(6-2)14(19)17-16(7-3,8-4)15(18)20/h13H,5-12H2,1-4H3,(H,17,19). The summed E-state index contributed by atoms with van der Waals surface area (Å²) in [4.78, 5) is 26.8. The Hall–Kier alpha value is -1.10. The van der Waals surface area contributed by atoms with Gasteiger partial charge in [-0.1, -0.05) is 34.1 Å². The molecule has 0 aliphatic carbocycles. The van der Waals surface area contributed by atoms with Crippen molar-refractivity contribution in [2.45, 2.75) is 71.4 Å². The van der Waals surface area contributed by atoms with Gasteiger partial charge < -0.3 is 15.0 Å². The molecule has 0 bridgehead atoms. The van der Waals surface area contributed by atoms with E-state index >= 15 is 0 Å². The van der Waals surface area contributed by atoms with Crippen LogP contribution in [0.4, 0.5) is 0 Å². The van der Waals surface area contributed by atoms with Crippen LogP contribution in [0.25, 0.3) is 0 Å². The largest absolute Gasteiger partial charge is 0.380 e. The molecule has 21 heavy (non-hydrogen) atoms. The lowest BCUT2D eigenvalue weighted by Gasteiger charge is -2.45. The van der Waals surface area contributed by atoms with Crippen molar-refractivity contribution < 1.29 is 14.3 Å². The van der Waals surface area contributed by atoms with Gasteiger partial charge in [0.25, 0.3) is 0 Å². The van der Waals surface area contributed by atoms with Crippen molar-refractivity contribution in [2.75, 3.05) is 19.8 Å². The summed E-state index contributed by atoms with van der Waals surface area (Å²) in [6, 6.07) is -0.362. The zero-order chi connectivity index (χ0) is 15.9. The van der Waals surface area contributed by atoms with E-state index in [0.29, 0.717) is 39.0 Å². The minimum Gasteiger partial charge on any atom is -0.380 e. The fraction of sp³-hybridized carbons (Fsp3) is 0.875. The molecule has 1 unspecified atom stereocenters. The Labute approximate surface area is 128 Å². The van der Waals surface area contributed by atoms with Gasteiger partial charge in [-0.2, -0.15) is 0 Å². The first-order valence-electron chi connectivity index (χ1n) is 8.27. The lowest BCUT2D eigenvalue weighted by molar-refractivity contribution is -0.156. The number of nitrogens with zero attached hydrogens (tertiary/aromatic N) is 1. The van der Waals surface area contributed by atoms with Gasteiger partial charge in [0, 0.05) is 13.2 Å². The second-order valence-corrected chi connectivity index (χ2v) is 5.67. The summed E-state index contributed by atoms with van der Waals surface area (Å²) in [6.07, 6.45) is 4.00. The second kappa shape index (κ2) is 8.37. The van der Waals surface area contributed by atoms with Crippen LogP contribution in [0.15, 0.2) is 0 Å². The number of hydrogen-bond acceptors (Lipinski definition) is 3. The van der Waals surface area contributed by atoms with Crippen molar-refractivity contribution >= 4 is 11.8 Å². The first-order valence-corrected chi connectivity index (χ1v) is 8.27. The molecule has 0 aromatic rings. The first-order chi connectivity index (χ1) is 10.1. The highest BCUT2D eigenvalue weighted by molar-refractivity contribution is 5.99. The number of hydrogen-bond donors (Lipinski definition) is 1. The molecule has 0 aromatic carbocycles. The van der Waals surface area contributed by atoms with Crippen LogP contribution in [0.1, 0.15) is 59.8 Å². The molecule has 1 saturated heterocycles. The molecule has 0 saturated carbocycles. The highest BCUT2D eigenvalue weighted by atomic mass is 16.5. The Morgan fingerprint density at radius 1 is 1.14 bits per heavy atom. The molecule has 2 amide bonds. The van der Waals surface area contributed by atoms with Gasteiger partial charge >= 0.3 is 0 Å². The zero-order valence-corrected chi connectivity index (χ0v) is 13.9. The average Bonchev–Trinajstić information content (AvgIpc) is 2.50. The van der Waals surface area contributed by atoms with Crippen molar-refractivity contribution in [3.05, 3.63) is 0 Å². The Bertz CT molecular complexity index is 353. The molecule has 0 spiro atoms. The molecule has 1 rings (SSSR count). The molecule has 1 atom stereocenters. The molecular weight excluding hydrogens is 268 g/mol. The minimum absolute atomic E-state index is 0.0330. The predicted octanol–water partition coefficient (Wildman–Crippen LogP) is 2.10. The van der Waals surface area contributed by atoms with Gasteiger partial charge in [0.15, 0.2) is 0 Å². The lowest BCUT2D eigenvalue weighted by atomic mass is 9.86. The highest BCUT2D eigenvalue weighted by Gasteiger charge is 2.47. The van der Waals surface area contributed by atoms with E-state index in [2.05, 4.69) is 12.2 Å². The number of amides is 2. The maximum absolute atomic E-state index is 12.8. The number of carbonyl (C=O) groups is 2. The van der Waals surface area contributed by atoms with Crippen molar-refractivity contribution in [3.8, 4) is 0 Å². The monoisotopic (exact) mass is 298 g/mol. The molecule has 1 fully saturated rings. The summed E-state index contributed by atoms with van der Waals surface area (Å²) in [7, 11) is 0. The lowest BCUT2D eigenvalue weighted by Crippen LogP contribution is -2.70. The van der Waals surface area contributed by atoms with Gasteiger partial charge in [0.2, 0.25) is 11.8 Å². The molecule has 1 heterocycles. The van der Waals surface area contributed by atoms with Crippen molar-refractivity contribution in [3.63, 3.8) is 0 Å². The van der Waals surface area contributed by atoms with E-state index in [1.165, 1.54) is 0 Å². The molecule has 0 radical (unpaired) electrons.